The van der Waals surface area contributed by atoms with E-state index >= 15 is 0 Å². The molecule has 5 nitrogen and oxygen atoms in total. The predicted octanol–water partition coefficient (Wildman–Crippen LogP) is 1.56. The van der Waals surface area contributed by atoms with Crippen molar-refractivity contribution in [2.45, 2.75) is 18.9 Å². The van der Waals surface area contributed by atoms with Crippen LogP contribution in [0.25, 0.3) is 10.4 Å². The molecule has 0 atom stereocenters. The number of nitrogens with two attached hydrogens (primary N) is 1. The number of likely N-dealkylation sites (tertiary alicyclic amines) is 1. The number of hydrogen-bond acceptors (Lipinski definition) is 3. The molecule has 2 N–H and O–H groups in total. The summed E-state index contributed by atoms with van der Waals surface area (Å²) in [6.45, 7) is 3.71. The van der Waals surface area contributed by atoms with E-state index in [2.05, 4.69) is 14.9 Å². The second-order valence-electron chi connectivity index (χ2n) is 3.07. The summed E-state index contributed by atoms with van der Waals surface area (Å²) in [4.78, 5) is 5.12. The Labute approximate surface area is 96.5 Å². The Kier molecular flexibility index (Phi) is 10.9. The molecular weight excluding hydrogens is 225 g/mol. The van der Waals surface area contributed by atoms with Gasteiger partial charge in [0.25, 0.3) is 0 Å². The van der Waals surface area contributed by atoms with Gasteiger partial charge in [-0.25, -0.2) is 0 Å². The monoisotopic (exact) mass is 241 g/mol. The zero-order valence-corrected chi connectivity index (χ0v) is 9.64. The van der Waals surface area contributed by atoms with E-state index < -0.39 is 0 Å². The van der Waals surface area contributed by atoms with Crippen LogP contribution in [0.5, 0.6) is 0 Å². The number of rotatable bonds is 3. The Bertz CT molecular complexity index is 175. The van der Waals surface area contributed by atoms with E-state index in [0.29, 0.717) is 6.54 Å². The summed E-state index contributed by atoms with van der Waals surface area (Å²) in [5, 5.41) is 3.70. The molecule has 0 aliphatic carbocycles. The first-order valence-corrected chi connectivity index (χ1v) is 4.33. The van der Waals surface area contributed by atoms with Crippen LogP contribution in [0.15, 0.2) is 5.11 Å². The number of azide groups is 1. The van der Waals surface area contributed by atoms with Gasteiger partial charge in [-0.1, -0.05) is 5.11 Å². The third-order valence-corrected chi connectivity index (χ3v) is 2.22. The number of piperidine rings is 1. The van der Waals surface area contributed by atoms with Crippen molar-refractivity contribution >= 4 is 24.8 Å². The Hall–Kier alpha value is -0.190. The normalized spacial score (nSPS) is 17.5. The van der Waals surface area contributed by atoms with E-state index in [0.717, 1.165) is 32.5 Å². The number of halogens is 2. The van der Waals surface area contributed by atoms with Crippen LogP contribution in [0.2, 0.25) is 0 Å². The lowest BCUT2D eigenvalue weighted by molar-refractivity contribution is 0.218. The molecule has 1 aliphatic rings. The molecule has 0 bridgehead atoms. The van der Waals surface area contributed by atoms with Gasteiger partial charge in [-0.05, 0) is 31.5 Å². The van der Waals surface area contributed by atoms with E-state index in [-0.39, 0.29) is 30.9 Å². The molecule has 1 heterocycles. The third kappa shape index (κ3) is 5.52. The van der Waals surface area contributed by atoms with Crippen LogP contribution in [0.3, 0.4) is 0 Å². The van der Waals surface area contributed by atoms with Crippen LogP contribution < -0.4 is 5.73 Å². The van der Waals surface area contributed by atoms with Crippen LogP contribution in [-0.4, -0.2) is 37.1 Å². The second-order valence-corrected chi connectivity index (χ2v) is 3.07. The van der Waals surface area contributed by atoms with Crippen LogP contribution in [-0.2, 0) is 0 Å². The molecule has 0 saturated carbocycles. The molecule has 1 saturated heterocycles. The Morgan fingerprint density at radius 3 is 2.36 bits per heavy atom. The van der Waals surface area contributed by atoms with Crippen molar-refractivity contribution in [3.8, 4) is 0 Å². The summed E-state index contributed by atoms with van der Waals surface area (Å²) < 4.78 is 0. The molecule has 1 aliphatic heterocycles. The average molecular weight is 242 g/mol. The van der Waals surface area contributed by atoms with Gasteiger partial charge in [0.1, 0.15) is 0 Å². The number of nitrogens with zero attached hydrogens (tertiary/aromatic N) is 4. The molecule has 1 rings (SSSR count). The van der Waals surface area contributed by atoms with Crippen molar-refractivity contribution in [3.05, 3.63) is 10.4 Å². The average Bonchev–Trinajstić information content (AvgIpc) is 2.09. The lowest BCUT2D eigenvalue weighted by Gasteiger charge is -2.29. The fraction of sp³-hybridized carbons (Fsp3) is 1.00. The standard InChI is InChI=1S/C7H15N5.2ClH/c8-3-6-12-4-1-7(2-5-12)10-11-9;;/h7H,1-6,8H2;2*1H. The first-order valence-electron chi connectivity index (χ1n) is 4.33. The minimum atomic E-state index is 0. The number of hydrogen-bond donors (Lipinski definition) is 1. The first-order chi connectivity index (χ1) is 5.86. The van der Waals surface area contributed by atoms with Crippen LogP contribution in [0.4, 0.5) is 0 Å². The zero-order chi connectivity index (χ0) is 8.81. The summed E-state index contributed by atoms with van der Waals surface area (Å²) in [6, 6.07) is 0.212. The summed E-state index contributed by atoms with van der Waals surface area (Å²) in [5.74, 6) is 0. The van der Waals surface area contributed by atoms with Crippen molar-refractivity contribution in [2.24, 2.45) is 10.8 Å². The maximum Gasteiger partial charge on any atom is 0.0398 e. The minimum Gasteiger partial charge on any atom is -0.329 e. The summed E-state index contributed by atoms with van der Waals surface area (Å²) in [6.07, 6.45) is 1.95. The highest BCUT2D eigenvalue weighted by Crippen LogP contribution is 2.12. The van der Waals surface area contributed by atoms with Gasteiger partial charge in [-0.15, -0.1) is 24.8 Å². The van der Waals surface area contributed by atoms with Gasteiger partial charge < -0.3 is 10.6 Å². The lowest BCUT2D eigenvalue weighted by atomic mass is 10.1. The van der Waals surface area contributed by atoms with Crippen LogP contribution >= 0.6 is 24.8 Å². The molecular formula is C7H17Cl2N5. The van der Waals surface area contributed by atoms with Gasteiger partial charge >= 0.3 is 0 Å². The van der Waals surface area contributed by atoms with Gasteiger partial charge in [-0.2, -0.15) is 0 Å². The van der Waals surface area contributed by atoms with Gasteiger partial charge in [0.15, 0.2) is 0 Å². The molecule has 1 fully saturated rings. The molecule has 84 valence electrons. The fourth-order valence-electron chi connectivity index (χ4n) is 1.51. The molecule has 0 aromatic rings. The SMILES string of the molecule is Cl.Cl.[N-]=[N+]=NC1CCN(CCN)CC1. The third-order valence-electron chi connectivity index (χ3n) is 2.22. The summed E-state index contributed by atoms with van der Waals surface area (Å²) in [7, 11) is 0. The van der Waals surface area contributed by atoms with E-state index in [1.807, 2.05) is 0 Å². The Balaban J connectivity index is 0. The smallest absolute Gasteiger partial charge is 0.0398 e. The van der Waals surface area contributed by atoms with E-state index in [4.69, 9.17) is 11.3 Å². The highest BCUT2D eigenvalue weighted by molar-refractivity contribution is 5.85. The van der Waals surface area contributed by atoms with Crippen molar-refractivity contribution in [3.63, 3.8) is 0 Å². The predicted molar refractivity (Wildman–Crippen MR) is 62.2 cm³/mol. The summed E-state index contributed by atoms with van der Waals surface area (Å²) in [5.41, 5.74) is 13.6. The van der Waals surface area contributed by atoms with Crippen molar-refractivity contribution in [1.82, 2.24) is 4.90 Å². The first kappa shape index (κ1) is 16.2. The largest absolute Gasteiger partial charge is 0.329 e. The maximum absolute atomic E-state index is 8.21. The molecule has 0 aromatic heterocycles. The van der Waals surface area contributed by atoms with Gasteiger partial charge in [-0.3, -0.25) is 0 Å². The Morgan fingerprint density at radius 2 is 1.93 bits per heavy atom. The van der Waals surface area contributed by atoms with Crippen molar-refractivity contribution < 1.29 is 0 Å². The molecule has 7 heteroatoms. The van der Waals surface area contributed by atoms with E-state index in [1.54, 1.807) is 0 Å². The fourth-order valence-corrected chi connectivity index (χ4v) is 1.51. The van der Waals surface area contributed by atoms with Crippen LogP contribution in [0, 0.1) is 0 Å². The summed E-state index contributed by atoms with van der Waals surface area (Å²) >= 11 is 0. The highest BCUT2D eigenvalue weighted by Gasteiger charge is 2.16. The lowest BCUT2D eigenvalue weighted by Crippen LogP contribution is -2.38. The molecule has 0 unspecified atom stereocenters. The zero-order valence-electron chi connectivity index (χ0n) is 8.00. The topological polar surface area (TPSA) is 78.0 Å². The minimum absolute atomic E-state index is 0. The van der Waals surface area contributed by atoms with Crippen molar-refractivity contribution in [1.29, 1.82) is 0 Å². The van der Waals surface area contributed by atoms with E-state index in [1.165, 1.54) is 0 Å². The molecule has 0 aromatic carbocycles. The quantitative estimate of drug-likeness (QED) is 0.463. The van der Waals surface area contributed by atoms with Gasteiger partial charge in [0, 0.05) is 24.0 Å². The molecule has 0 spiro atoms. The van der Waals surface area contributed by atoms with Gasteiger partial charge in [0.2, 0.25) is 0 Å². The molecule has 14 heavy (non-hydrogen) atoms. The molecule has 0 radical (unpaired) electrons. The Morgan fingerprint density at radius 1 is 1.36 bits per heavy atom. The maximum atomic E-state index is 8.21. The van der Waals surface area contributed by atoms with Gasteiger partial charge in [0.05, 0.1) is 0 Å². The highest BCUT2D eigenvalue weighted by atomic mass is 35.5. The van der Waals surface area contributed by atoms with Crippen LogP contribution in [0.1, 0.15) is 12.8 Å². The molecule has 0 amide bonds. The van der Waals surface area contributed by atoms with Crippen molar-refractivity contribution in [2.75, 3.05) is 26.2 Å². The second kappa shape index (κ2) is 9.37. The van der Waals surface area contributed by atoms with E-state index in [9.17, 15) is 0 Å².